The van der Waals surface area contributed by atoms with Gasteiger partial charge in [-0.3, -0.25) is 0 Å². The topological polar surface area (TPSA) is 25.2 Å². The third-order valence-electron chi connectivity index (χ3n) is 3.18. The van der Waals surface area contributed by atoms with E-state index < -0.39 is 0 Å². The molecule has 1 aromatic heterocycles. The molecule has 0 saturated heterocycles. The summed E-state index contributed by atoms with van der Waals surface area (Å²) in [5.41, 5.74) is 1.42. The van der Waals surface area contributed by atoms with E-state index in [1.807, 2.05) is 12.1 Å². The molecule has 0 aliphatic heterocycles. The van der Waals surface area contributed by atoms with E-state index in [9.17, 15) is 0 Å². The lowest BCUT2D eigenvalue weighted by Crippen LogP contribution is -2.31. The lowest BCUT2D eigenvalue weighted by atomic mass is 9.82. The van der Waals surface area contributed by atoms with Crippen molar-refractivity contribution in [3.63, 3.8) is 0 Å². The first-order valence-corrected chi connectivity index (χ1v) is 8.18. The monoisotopic (exact) mass is 399 g/mol. The van der Waals surface area contributed by atoms with E-state index in [-0.39, 0.29) is 11.5 Å². The van der Waals surface area contributed by atoms with Crippen molar-refractivity contribution in [1.29, 1.82) is 0 Å². The van der Waals surface area contributed by atoms with Crippen LogP contribution in [0.25, 0.3) is 0 Å². The van der Waals surface area contributed by atoms with Crippen molar-refractivity contribution in [3.8, 4) is 0 Å². The lowest BCUT2D eigenvalue weighted by molar-refractivity contribution is 0.264. The van der Waals surface area contributed by atoms with Crippen molar-refractivity contribution in [2.24, 2.45) is 5.41 Å². The molecule has 0 saturated carbocycles. The van der Waals surface area contributed by atoms with Crippen LogP contribution in [0.3, 0.4) is 0 Å². The first-order valence-electron chi connectivity index (χ1n) is 6.60. The van der Waals surface area contributed by atoms with Crippen molar-refractivity contribution in [2.75, 3.05) is 0 Å². The predicted molar refractivity (Wildman–Crippen MR) is 89.6 cm³/mol. The molecule has 2 nitrogen and oxygen atoms in total. The number of rotatable bonds is 4. The van der Waals surface area contributed by atoms with Crippen LogP contribution >= 0.6 is 31.9 Å². The van der Waals surface area contributed by atoms with Crippen LogP contribution in [0.4, 0.5) is 0 Å². The summed E-state index contributed by atoms with van der Waals surface area (Å²) < 4.78 is 7.30. The molecule has 0 fully saturated rings. The van der Waals surface area contributed by atoms with Crippen LogP contribution in [0, 0.1) is 5.41 Å². The SMILES string of the molecule is CC(C)(C)C(NCc1cc(Br)c(Br)o1)c1ccccc1. The number of hydrogen-bond acceptors (Lipinski definition) is 2. The third-order valence-corrected chi connectivity index (χ3v) is 4.89. The summed E-state index contributed by atoms with van der Waals surface area (Å²) in [7, 11) is 0. The number of halogens is 2. The molecule has 1 aromatic carbocycles. The quantitative estimate of drug-likeness (QED) is 0.713. The van der Waals surface area contributed by atoms with Crippen molar-refractivity contribution in [1.82, 2.24) is 5.32 Å². The molecule has 0 aliphatic rings. The number of hydrogen-bond donors (Lipinski definition) is 1. The summed E-state index contributed by atoms with van der Waals surface area (Å²) in [4.78, 5) is 0. The fraction of sp³-hybridized carbons (Fsp3) is 0.375. The highest BCUT2D eigenvalue weighted by atomic mass is 79.9. The maximum Gasteiger partial charge on any atom is 0.183 e. The molecular weight excluding hydrogens is 382 g/mol. The summed E-state index contributed by atoms with van der Waals surface area (Å²) in [6.45, 7) is 7.42. The van der Waals surface area contributed by atoms with E-state index >= 15 is 0 Å². The zero-order chi connectivity index (χ0) is 14.8. The Morgan fingerprint density at radius 2 is 1.80 bits per heavy atom. The van der Waals surface area contributed by atoms with Gasteiger partial charge in [0.2, 0.25) is 0 Å². The molecule has 0 amide bonds. The normalized spacial score (nSPS) is 13.4. The van der Waals surface area contributed by atoms with Crippen LogP contribution in [-0.2, 0) is 6.54 Å². The molecule has 20 heavy (non-hydrogen) atoms. The molecule has 108 valence electrons. The van der Waals surface area contributed by atoms with Gasteiger partial charge in [-0.2, -0.15) is 0 Å². The molecule has 0 spiro atoms. The minimum absolute atomic E-state index is 0.127. The van der Waals surface area contributed by atoms with E-state index in [0.717, 1.165) is 14.9 Å². The Balaban J connectivity index is 2.13. The van der Waals surface area contributed by atoms with Crippen LogP contribution < -0.4 is 5.32 Å². The zero-order valence-electron chi connectivity index (χ0n) is 11.9. The Hall–Kier alpha value is -0.580. The van der Waals surface area contributed by atoms with Crippen molar-refractivity contribution in [2.45, 2.75) is 33.4 Å². The molecule has 1 N–H and O–H groups in total. The van der Waals surface area contributed by atoms with Gasteiger partial charge in [-0.05, 0) is 48.9 Å². The van der Waals surface area contributed by atoms with Crippen LogP contribution in [0.5, 0.6) is 0 Å². The largest absolute Gasteiger partial charge is 0.452 e. The lowest BCUT2D eigenvalue weighted by Gasteiger charge is -2.32. The second-order valence-corrected chi connectivity index (χ2v) is 7.50. The van der Waals surface area contributed by atoms with Gasteiger partial charge < -0.3 is 9.73 Å². The maximum absolute atomic E-state index is 5.62. The molecule has 2 aromatic rings. The average molecular weight is 401 g/mol. The zero-order valence-corrected chi connectivity index (χ0v) is 15.1. The molecule has 0 aliphatic carbocycles. The Kier molecular flexibility index (Phi) is 5.10. The minimum Gasteiger partial charge on any atom is -0.452 e. The van der Waals surface area contributed by atoms with Gasteiger partial charge >= 0.3 is 0 Å². The Bertz CT molecular complexity index is 538. The molecule has 1 heterocycles. The van der Waals surface area contributed by atoms with Gasteiger partial charge in [-0.1, -0.05) is 51.1 Å². The smallest absolute Gasteiger partial charge is 0.183 e. The molecule has 1 atom stereocenters. The fourth-order valence-corrected chi connectivity index (χ4v) is 2.91. The van der Waals surface area contributed by atoms with Gasteiger partial charge in [0.1, 0.15) is 5.76 Å². The second kappa shape index (κ2) is 6.46. The standard InChI is InChI=1S/C16H19Br2NO/c1-16(2,3)14(11-7-5-4-6-8-11)19-10-12-9-13(17)15(18)20-12/h4-9,14,19H,10H2,1-3H3. The molecular formula is C16H19Br2NO. The van der Waals surface area contributed by atoms with Crippen LogP contribution in [0.2, 0.25) is 0 Å². The molecule has 0 bridgehead atoms. The summed E-state index contributed by atoms with van der Waals surface area (Å²) >= 11 is 6.81. The molecule has 4 heteroatoms. The fourth-order valence-electron chi connectivity index (χ4n) is 2.25. The van der Waals surface area contributed by atoms with Crippen LogP contribution in [0.1, 0.15) is 38.1 Å². The summed E-state index contributed by atoms with van der Waals surface area (Å²) in [6, 6.07) is 12.8. The van der Waals surface area contributed by atoms with Crippen LogP contribution in [0.15, 0.2) is 50.0 Å². The molecule has 0 radical (unpaired) electrons. The number of benzene rings is 1. The van der Waals surface area contributed by atoms with Gasteiger partial charge in [-0.25, -0.2) is 0 Å². The summed E-state index contributed by atoms with van der Waals surface area (Å²) in [5.74, 6) is 0.911. The van der Waals surface area contributed by atoms with E-state index in [1.165, 1.54) is 5.56 Å². The van der Waals surface area contributed by atoms with Crippen molar-refractivity contribution < 1.29 is 4.42 Å². The van der Waals surface area contributed by atoms with Crippen molar-refractivity contribution in [3.05, 3.63) is 56.9 Å². The Labute approximate surface area is 137 Å². The third kappa shape index (κ3) is 3.96. The van der Waals surface area contributed by atoms with Crippen molar-refractivity contribution >= 4 is 31.9 Å². The van der Waals surface area contributed by atoms with E-state index in [4.69, 9.17) is 4.42 Å². The summed E-state index contributed by atoms with van der Waals surface area (Å²) in [6.07, 6.45) is 0. The molecule has 2 rings (SSSR count). The first-order chi connectivity index (χ1) is 9.38. The van der Waals surface area contributed by atoms with Gasteiger partial charge in [0, 0.05) is 6.04 Å². The van der Waals surface area contributed by atoms with E-state index in [2.05, 4.69) is 82.2 Å². The van der Waals surface area contributed by atoms with Gasteiger partial charge in [0.25, 0.3) is 0 Å². The second-order valence-electron chi connectivity index (χ2n) is 5.92. The first kappa shape index (κ1) is 15.8. The van der Waals surface area contributed by atoms with Gasteiger partial charge in [0.05, 0.1) is 11.0 Å². The Morgan fingerprint density at radius 1 is 1.15 bits per heavy atom. The maximum atomic E-state index is 5.62. The minimum atomic E-state index is 0.127. The Morgan fingerprint density at radius 3 is 2.30 bits per heavy atom. The highest BCUT2D eigenvalue weighted by molar-refractivity contribution is 9.13. The number of furan rings is 1. The van der Waals surface area contributed by atoms with Gasteiger partial charge in [0.15, 0.2) is 4.67 Å². The predicted octanol–water partition coefficient (Wildman–Crippen LogP) is 5.68. The number of nitrogens with one attached hydrogen (secondary N) is 1. The van der Waals surface area contributed by atoms with Gasteiger partial charge in [-0.15, -0.1) is 0 Å². The van der Waals surface area contributed by atoms with E-state index in [1.54, 1.807) is 0 Å². The van der Waals surface area contributed by atoms with E-state index in [0.29, 0.717) is 6.54 Å². The highest BCUT2D eigenvalue weighted by Crippen LogP contribution is 2.33. The average Bonchev–Trinajstić information content (AvgIpc) is 2.68. The molecule has 1 unspecified atom stereocenters. The van der Waals surface area contributed by atoms with Crippen LogP contribution in [-0.4, -0.2) is 0 Å². The summed E-state index contributed by atoms with van der Waals surface area (Å²) in [5, 5.41) is 3.60. The highest BCUT2D eigenvalue weighted by Gasteiger charge is 2.26.